The van der Waals surface area contributed by atoms with Gasteiger partial charge in [0.2, 0.25) is 0 Å². The molecule has 1 aliphatic rings. The maximum atomic E-state index is 6.09. The largest absolute Gasteiger partial charge is 0.370 e. The zero-order valence-electron chi connectivity index (χ0n) is 16.7. The highest BCUT2D eigenvalue weighted by atomic mass is 32.1. The van der Waals surface area contributed by atoms with Gasteiger partial charge in [-0.3, -0.25) is 0 Å². The monoisotopic (exact) mass is 384 g/mol. The normalized spacial score (nSPS) is 16.0. The number of thiophene rings is 1. The molecule has 3 aromatic rings. The summed E-state index contributed by atoms with van der Waals surface area (Å²) in [7, 11) is 0. The van der Waals surface area contributed by atoms with Gasteiger partial charge in [0.15, 0.2) is 0 Å². The first-order chi connectivity index (χ1) is 13.0. The van der Waals surface area contributed by atoms with Crippen LogP contribution in [-0.4, -0.2) is 27.1 Å². The van der Waals surface area contributed by atoms with E-state index >= 15 is 0 Å². The van der Waals surface area contributed by atoms with Gasteiger partial charge in [0, 0.05) is 29.6 Å². The molecule has 1 aliphatic heterocycles. The van der Waals surface area contributed by atoms with Crippen molar-refractivity contribution < 1.29 is 4.74 Å². The maximum Gasteiger partial charge on any atom is 0.147 e. The summed E-state index contributed by atoms with van der Waals surface area (Å²) in [4.78, 5) is 15.2. The molecule has 27 heavy (non-hydrogen) atoms. The number of hydrogen-bond acceptors (Lipinski definition) is 6. The molecule has 4 rings (SSSR count). The molecule has 144 valence electrons. The van der Waals surface area contributed by atoms with Crippen molar-refractivity contribution in [3.8, 4) is 0 Å². The lowest BCUT2D eigenvalue weighted by atomic mass is 9.89. The second-order valence-electron chi connectivity index (χ2n) is 7.91. The van der Waals surface area contributed by atoms with Crippen LogP contribution in [0.5, 0.6) is 0 Å². The molecule has 4 heterocycles. The Balaban J connectivity index is 1.86. The van der Waals surface area contributed by atoms with Crippen molar-refractivity contribution in [3.05, 3.63) is 23.1 Å². The van der Waals surface area contributed by atoms with Crippen molar-refractivity contribution in [1.29, 1.82) is 0 Å². The lowest BCUT2D eigenvalue weighted by molar-refractivity contribution is -0.0401. The molecule has 1 N–H and O–H groups in total. The summed E-state index contributed by atoms with van der Waals surface area (Å²) in [6, 6.07) is 0. The van der Waals surface area contributed by atoms with E-state index in [2.05, 4.69) is 43.0 Å². The predicted octanol–water partition coefficient (Wildman–Crippen LogP) is 5.26. The molecular formula is C21H28N4OS. The highest BCUT2D eigenvalue weighted by Crippen LogP contribution is 2.42. The number of unbranched alkanes of at least 4 members (excludes halogenated alkanes) is 2. The van der Waals surface area contributed by atoms with Crippen molar-refractivity contribution >= 4 is 37.6 Å². The topological polar surface area (TPSA) is 59.9 Å². The number of nitrogens with zero attached hydrogens (tertiary/aromatic N) is 3. The Morgan fingerprint density at radius 2 is 2.04 bits per heavy atom. The van der Waals surface area contributed by atoms with Crippen molar-refractivity contribution in [2.24, 2.45) is 0 Å². The molecule has 0 saturated heterocycles. The predicted molar refractivity (Wildman–Crippen MR) is 113 cm³/mol. The molecule has 0 aliphatic carbocycles. The number of rotatable bonds is 6. The van der Waals surface area contributed by atoms with Crippen molar-refractivity contribution in [2.45, 2.75) is 72.0 Å². The first kappa shape index (κ1) is 18.6. The van der Waals surface area contributed by atoms with Crippen molar-refractivity contribution in [3.63, 3.8) is 0 Å². The fraction of sp³-hybridized carbons (Fsp3) is 0.571. The highest BCUT2D eigenvalue weighted by molar-refractivity contribution is 7.26. The molecule has 3 aromatic heterocycles. The van der Waals surface area contributed by atoms with Crippen LogP contribution in [0.15, 0.2) is 6.33 Å². The number of aromatic nitrogens is 3. The minimum atomic E-state index is -0.158. The van der Waals surface area contributed by atoms with Crippen LogP contribution in [0.2, 0.25) is 0 Å². The number of hydrogen-bond donors (Lipinski definition) is 1. The lowest BCUT2D eigenvalue weighted by Gasteiger charge is -2.33. The molecule has 0 amide bonds. The SMILES string of the molecule is CCCCCNc1ncnc2c1sc1nc(CC)c3c(c12)CC(C)(C)OC3. The molecule has 6 heteroatoms. The number of aryl methyl sites for hydroxylation is 1. The summed E-state index contributed by atoms with van der Waals surface area (Å²) in [5.41, 5.74) is 4.67. The van der Waals surface area contributed by atoms with Gasteiger partial charge in [-0.05, 0) is 32.3 Å². The third-order valence-corrected chi connectivity index (χ3v) is 6.40. The van der Waals surface area contributed by atoms with Gasteiger partial charge in [-0.15, -0.1) is 11.3 Å². The average molecular weight is 385 g/mol. The maximum absolute atomic E-state index is 6.09. The summed E-state index contributed by atoms with van der Waals surface area (Å²) in [6.45, 7) is 10.3. The first-order valence-corrected chi connectivity index (χ1v) is 10.8. The van der Waals surface area contributed by atoms with Gasteiger partial charge in [-0.1, -0.05) is 26.7 Å². The molecule has 0 atom stereocenters. The van der Waals surface area contributed by atoms with E-state index in [0.29, 0.717) is 6.61 Å². The summed E-state index contributed by atoms with van der Waals surface area (Å²) in [5.74, 6) is 0.942. The Hall–Kier alpha value is -1.79. The lowest BCUT2D eigenvalue weighted by Crippen LogP contribution is -2.32. The van der Waals surface area contributed by atoms with Crippen LogP contribution in [-0.2, 0) is 24.2 Å². The van der Waals surface area contributed by atoms with Crippen molar-refractivity contribution in [1.82, 2.24) is 15.0 Å². The Kier molecular flexibility index (Phi) is 5.03. The van der Waals surface area contributed by atoms with Gasteiger partial charge in [0.1, 0.15) is 17.0 Å². The van der Waals surface area contributed by atoms with Crippen LogP contribution in [0.3, 0.4) is 0 Å². The summed E-state index contributed by atoms with van der Waals surface area (Å²) in [6.07, 6.45) is 7.11. The van der Waals surface area contributed by atoms with Crippen molar-refractivity contribution in [2.75, 3.05) is 11.9 Å². The molecule has 0 fully saturated rings. The third-order valence-electron chi connectivity index (χ3n) is 5.32. The molecule has 0 aromatic carbocycles. The quantitative estimate of drug-likeness (QED) is 0.588. The number of nitrogens with one attached hydrogen (secondary N) is 1. The van der Waals surface area contributed by atoms with E-state index in [1.54, 1.807) is 17.7 Å². The second-order valence-corrected chi connectivity index (χ2v) is 8.91. The number of fused-ring (bicyclic) bond motifs is 5. The summed E-state index contributed by atoms with van der Waals surface area (Å²) in [5, 5.41) is 4.72. The average Bonchev–Trinajstić information content (AvgIpc) is 3.03. The molecule has 0 saturated carbocycles. The van der Waals surface area contributed by atoms with E-state index in [4.69, 9.17) is 9.72 Å². The summed E-state index contributed by atoms with van der Waals surface area (Å²) < 4.78 is 7.21. The Morgan fingerprint density at radius 3 is 2.81 bits per heavy atom. The Labute approximate surface area is 164 Å². The molecule has 5 nitrogen and oxygen atoms in total. The van der Waals surface area contributed by atoms with E-state index in [9.17, 15) is 0 Å². The Morgan fingerprint density at radius 1 is 1.19 bits per heavy atom. The second kappa shape index (κ2) is 7.32. The van der Waals surface area contributed by atoms with E-state index in [0.717, 1.165) is 52.4 Å². The van der Waals surface area contributed by atoms with Gasteiger partial charge in [-0.25, -0.2) is 15.0 Å². The van der Waals surface area contributed by atoms with Crippen LogP contribution in [0.25, 0.3) is 20.4 Å². The third kappa shape index (κ3) is 3.41. The van der Waals surface area contributed by atoms with Gasteiger partial charge in [0.05, 0.1) is 22.4 Å². The van der Waals surface area contributed by atoms with Gasteiger partial charge < -0.3 is 10.1 Å². The fourth-order valence-electron chi connectivity index (χ4n) is 3.87. The zero-order chi connectivity index (χ0) is 19.0. The fourth-order valence-corrected chi connectivity index (χ4v) is 5.02. The van der Waals surface area contributed by atoms with Crippen LogP contribution >= 0.6 is 11.3 Å². The van der Waals surface area contributed by atoms with E-state index < -0.39 is 0 Å². The Bertz CT molecular complexity index is 979. The van der Waals surface area contributed by atoms with Gasteiger partial charge >= 0.3 is 0 Å². The molecule has 0 spiro atoms. The number of ether oxygens (including phenoxy) is 1. The first-order valence-electron chi connectivity index (χ1n) is 9.99. The van der Waals surface area contributed by atoms with E-state index in [1.807, 2.05) is 0 Å². The molecule has 0 unspecified atom stereocenters. The van der Waals surface area contributed by atoms with Crippen LogP contribution in [0.4, 0.5) is 5.82 Å². The molecule has 0 bridgehead atoms. The molecule has 0 radical (unpaired) electrons. The zero-order valence-corrected chi connectivity index (χ0v) is 17.5. The molecular weight excluding hydrogens is 356 g/mol. The van der Waals surface area contributed by atoms with Crippen LogP contribution in [0, 0.1) is 0 Å². The van der Waals surface area contributed by atoms with E-state index in [-0.39, 0.29) is 5.60 Å². The number of anilines is 1. The summed E-state index contributed by atoms with van der Waals surface area (Å²) >= 11 is 1.72. The number of pyridine rings is 1. The van der Waals surface area contributed by atoms with Crippen LogP contribution in [0.1, 0.15) is 63.8 Å². The standard InChI is InChI=1S/C21H28N4OS/c1-5-7-8-9-22-19-18-17(23-12-24-19)16-13-10-21(3,4)26-11-14(13)15(6-2)25-20(16)27-18/h12H,5-11H2,1-4H3,(H,22,23,24). The highest BCUT2D eigenvalue weighted by Gasteiger charge is 2.31. The van der Waals surface area contributed by atoms with Gasteiger partial charge in [-0.2, -0.15) is 0 Å². The van der Waals surface area contributed by atoms with Crippen LogP contribution < -0.4 is 5.32 Å². The van der Waals surface area contributed by atoms with Gasteiger partial charge in [0.25, 0.3) is 0 Å². The van der Waals surface area contributed by atoms with E-state index in [1.165, 1.54) is 29.4 Å². The minimum absolute atomic E-state index is 0.158. The smallest absolute Gasteiger partial charge is 0.147 e. The minimum Gasteiger partial charge on any atom is -0.370 e.